The number of esters is 1. The minimum Gasteiger partial charge on any atom is -0.480 e. The molecule has 9 heteroatoms. The molecule has 4 atom stereocenters. The summed E-state index contributed by atoms with van der Waals surface area (Å²) in [6, 6.07) is -2.22. The Morgan fingerprint density at radius 2 is 1.96 bits per heavy atom. The molecule has 1 aliphatic heterocycles. The Kier molecular flexibility index (Phi) is 7.15. The number of carboxylic acids is 1. The van der Waals surface area contributed by atoms with Gasteiger partial charge >= 0.3 is 11.9 Å². The third kappa shape index (κ3) is 5.19. The van der Waals surface area contributed by atoms with Crippen molar-refractivity contribution in [3.05, 3.63) is 0 Å². The maximum atomic E-state index is 12.3. The second-order valence-electron chi connectivity index (χ2n) is 5.89. The molecule has 3 N–H and O–H groups in total. The largest absolute Gasteiger partial charge is 0.480 e. The lowest BCUT2D eigenvalue weighted by Gasteiger charge is -2.26. The highest BCUT2D eigenvalue weighted by atomic mass is 16.5. The third-order valence-corrected chi connectivity index (χ3v) is 3.91. The number of hydrogen-bond donors (Lipinski definition) is 3. The topological polar surface area (TPSA) is 133 Å². The number of carbonyl (C=O) groups excluding carboxylic acids is 3. The Balaban J connectivity index is 2.77. The van der Waals surface area contributed by atoms with E-state index in [4.69, 9.17) is 4.74 Å². The van der Waals surface area contributed by atoms with Crippen molar-refractivity contribution in [1.82, 2.24) is 10.2 Å². The Hall–Kier alpha value is -2.16. The van der Waals surface area contributed by atoms with Crippen LogP contribution in [0.1, 0.15) is 33.6 Å². The summed E-state index contributed by atoms with van der Waals surface area (Å²) in [4.78, 5) is 48.0. The number of carbonyl (C=O) groups is 4. The standard InChI is InChI=1S/C15H24N2O7/c1-4-24-12(20)5-8(2)13(15(22)23)16-14(21)11-6-10(19)7-17(11)9(3)18/h8,10-11,13,19H,4-7H2,1-3H3,(H,16,21)(H,22,23)/t8-,10+,11-,13-/m0/s1. The molecule has 0 radical (unpaired) electrons. The quantitative estimate of drug-likeness (QED) is 0.511. The summed E-state index contributed by atoms with van der Waals surface area (Å²) >= 11 is 0. The smallest absolute Gasteiger partial charge is 0.326 e. The van der Waals surface area contributed by atoms with Crippen LogP contribution in [0.3, 0.4) is 0 Å². The van der Waals surface area contributed by atoms with E-state index < -0.39 is 42.0 Å². The van der Waals surface area contributed by atoms with Gasteiger partial charge in [-0.3, -0.25) is 14.4 Å². The minimum absolute atomic E-state index is 0.0313. The molecular formula is C15H24N2O7. The molecule has 0 saturated carbocycles. The molecule has 0 aromatic carbocycles. The summed E-state index contributed by atoms with van der Waals surface area (Å²) in [6.07, 6.45) is -0.941. The molecule has 1 fully saturated rings. The first-order valence-corrected chi connectivity index (χ1v) is 7.81. The van der Waals surface area contributed by atoms with Crippen molar-refractivity contribution in [2.75, 3.05) is 13.2 Å². The van der Waals surface area contributed by atoms with Gasteiger partial charge in [0.2, 0.25) is 11.8 Å². The van der Waals surface area contributed by atoms with E-state index in [1.807, 2.05) is 0 Å². The van der Waals surface area contributed by atoms with Crippen molar-refractivity contribution in [3.63, 3.8) is 0 Å². The maximum Gasteiger partial charge on any atom is 0.326 e. The van der Waals surface area contributed by atoms with Gasteiger partial charge in [-0.15, -0.1) is 0 Å². The van der Waals surface area contributed by atoms with Crippen molar-refractivity contribution in [2.24, 2.45) is 5.92 Å². The van der Waals surface area contributed by atoms with Crippen LogP contribution < -0.4 is 5.32 Å². The second-order valence-corrected chi connectivity index (χ2v) is 5.89. The van der Waals surface area contributed by atoms with Crippen LogP contribution in [0.5, 0.6) is 0 Å². The highest BCUT2D eigenvalue weighted by molar-refractivity contribution is 5.90. The van der Waals surface area contributed by atoms with Crippen LogP contribution in [0, 0.1) is 5.92 Å². The summed E-state index contributed by atoms with van der Waals surface area (Å²) in [5, 5.41) is 21.3. The predicted molar refractivity (Wildman–Crippen MR) is 81.8 cm³/mol. The Morgan fingerprint density at radius 1 is 1.33 bits per heavy atom. The van der Waals surface area contributed by atoms with Gasteiger partial charge in [-0.25, -0.2) is 4.79 Å². The lowest BCUT2D eigenvalue weighted by Crippen LogP contribution is -2.52. The molecule has 136 valence electrons. The number of carboxylic acid groups (broad SMARTS) is 1. The molecule has 1 aliphatic rings. The number of rotatable bonds is 7. The number of ether oxygens (including phenoxy) is 1. The van der Waals surface area contributed by atoms with Crippen LogP contribution in [-0.4, -0.2) is 70.2 Å². The minimum atomic E-state index is -1.30. The van der Waals surface area contributed by atoms with Crippen LogP contribution in [0.4, 0.5) is 0 Å². The monoisotopic (exact) mass is 344 g/mol. The zero-order valence-corrected chi connectivity index (χ0v) is 14.0. The summed E-state index contributed by atoms with van der Waals surface area (Å²) in [5.41, 5.74) is 0. The fourth-order valence-electron chi connectivity index (χ4n) is 2.71. The van der Waals surface area contributed by atoms with Crippen LogP contribution in [0.25, 0.3) is 0 Å². The first-order valence-electron chi connectivity index (χ1n) is 7.81. The molecule has 9 nitrogen and oxygen atoms in total. The molecule has 0 aliphatic carbocycles. The number of aliphatic carboxylic acids is 1. The van der Waals surface area contributed by atoms with Gasteiger partial charge in [0.1, 0.15) is 12.1 Å². The fourth-order valence-corrected chi connectivity index (χ4v) is 2.71. The number of hydrogen-bond acceptors (Lipinski definition) is 6. The van der Waals surface area contributed by atoms with Gasteiger partial charge < -0.3 is 25.2 Å². The molecule has 1 rings (SSSR count). The Morgan fingerprint density at radius 3 is 2.46 bits per heavy atom. The van der Waals surface area contributed by atoms with Crippen LogP contribution >= 0.6 is 0 Å². The van der Waals surface area contributed by atoms with E-state index in [1.54, 1.807) is 6.92 Å². The van der Waals surface area contributed by atoms with Crippen LogP contribution in [-0.2, 0) is 23.9 Å². The number of amides is 2. The summed E-state index contributed by atoms with van der Waals surface area (Å²) < 4.78 is 4.78. The van der Waals surface area contributed by atoms with Crippen molar-refractivity contribution < 1.29 is 34.1 Å². The van der Waals surface area contributed by atoms with E-state index in [1.165, 1.54) is 18.7 Å². The number of nitrogens with one attached hydrogen (secondary N) is 1. The number of aliphatic hydroxyl groups is 1. The molecular weight excluding hydrogens is 320 g/mol. The average Bonchev–Trinajstić information content (AvgIpc) is 2.86. The van der Waals surface area contributed by atoms with Gasteiger partial charge in [-0.05, 0) is 12.8 Å². The molecule has 0 aromatic rings. The Labute approximate surface area is 140 Å². The molecule has 1 heterocycles. The van der Waals surface area contributed by atoms with Crippen LogP contribution in [0.15, 0.2) is 0 Å². The van der Waals surface area contributed by atoms with Gasteiger partial charge in [0.25, 0.3) is 0 Å². The van der Waals surface area contributed by atoms with E-state index in [2.05, 4.69) is 5.32 Å². The number of likely N-dealkylation sites (tertiary alicyclic amines) is 1. The first kappa shape index (κ1) is 19.9. The Bertz CT molecular complexity index is 508. The SMILES string of the molecule is CCOC(=O)C[C@H](C)[C@H](NC(=O)[C@@H]1C[C@@H](O)CN1C(C)=O)C(=O)O. The van der Waals surface area contributed by atoms with E-state index in [0.29, 0.717) is 0 Å². The van der Waals surface area contributed by atoms with Crippen molar-refractivity contribution in [1.29, 1.82) is 0 Å². The van der Waals surface area contributed by atoms with Crippen molar-refractivity contribution in [2.45, 2.75) is 51.8 Å². The van der Waals surface area contributed by atoms with Gasteiger partial charge in [-0.2, -0.15) is 0 Å². The third-order valence-electron chi connectivity index (χ3n) is 3.91. The van der Waals surface area contributed by atoms with Gasteiger partial charge in [-0.1, -0.05) is 6.92 Å². The number of β-amino-alcohol motifs (C(OH)–C–C–N with tert-alkyl or cyclic N) is 1. The molecule has 0 spiro atoms. The van der Waals surface area contributed by atoms with Gasteiger partial charge in [0.15, 0.2) is 0 Å². The van der Waals surface area contributed by atoms with Gasteiger partial charge in [0, 0.05) is 19.9 Å². The molecule has 24 heavy (non-hydrogen) atoms. The highest BCUT2D eigenvalue weighted by Crippen LogP contribution is 2.19. The molecule has 0 aromatic heterocycles. The summed E-state index contributed by atoms with van der Waals surface area (Å²) in [7, 11) is 0. The van der Waals surface area contributed by atoms with Crippen molar-refractivity contribution in [3.8, 4) is 0 Å². The summed E-state index contributed by atoms with van der Waals surface area (Å²) in [5.74, 6) is -3.56. The van der Waals surface area contributed by atoms with E-state index in [-0.39, 0.29) is 31.9 Å². The van der Waals surface area contributed by atoms with Crippen LogP contribution in [0.2, 0.25) is 0 Å². The summed E-state index contributed by atoms with van der Waals surface area (Å²) in [6.45, 7) is 4.64. The van der Waals surface area contributed by atoms with Crippen molar-refractivity contribution >= 4 is 23.8 Å². The van der Waals surface area contributed by atoms with E-state index in [0.717, 1.165) is 0 Å². The van der Waals surface area contributed by atoms with Gasteiger partial charge in [0.05, 0.1) is 19.1 Å². The molecule has 0 unspecified atom stereocenters. The normalized spacial score (nSPS) is 22.6. The lowest BCUT2D eigenvalue weighted by molar-refractivity contribution is -0.148. The molecule has 0 bridgehead atoms. The maximum absolute atomic E-state index is 12.3. The molecule has 2 amide bonds. The second kappa shape index (κ2) is 8.62. The predicted octanol–water partition coefficient (Wildman–Crippen LogP) is -0.873. The lowest BCUT2D eigenvalue weighted by atomic mass is 9.97. The zero-order chi connectivity index (χ0) is 18.4. The zero-order valence-electron chi connectivity index (χ0n) is 14.0. The average molecular weight is 344 g/mol. The molecule has 1 saturated heterocycles. The van der Waals surface area contributed by atoms with E-state index in [9.17, 15) is 29.4 Å². The number of aliphatic hydroxyl groups excluding tert-OH is 1. The number of nitrogens with zero attached hydrogens (tertiary/aromatic N) is 1. The highest BCUT2D eigenvalue weighted by Gasteiger charge is 2.39. The fraction of sp³-hybridized carbons (Fsp3) is 0.733. The first-order chi connectivity index (χ1) is 11.2. The van der Waals surface area contributed by atoms with E-state index >= 15 is 0 Å².